The molecule has 0 aliphatic carbocycles. The van der Waals surface area contributed by atoms with Gasteiger partial charge in [0.1, 0.15) is 11.6 Å². The second-order valence-electron chi connectivity index (χ2n) is 4.75. The molecule has 0 spiro atoms. The van der Waals surface area contributed by atoms with Gasteiger partial charge in [-0.05, 0) is 11.5 Å². The van der Waals surface area contributed by atoms with E-state index in [1.807, 2.05) is 12.1 Å². The number of oxime groups is 1. The van der Waals surface area contributed by atoms with Crippen LogP contribution in [-0.4, -0.2) is 40.5 Å². The molecule has 0 saturated carbocycles. The Bertz CT molecular complexity index is 698. The number of hydrogen-bond acceptors (Lipinski definition) is 4. The van der Waals surface area contributed by atoms with E-state index in [4.69, 9.17) is 10.9 Å². The molecule has 0 fully saturated rings. The third-order valence-corrected chi connectivity index (χ3v) is 3.31. The van der Waals surface area contributed by atoms with Crippen LogP contribution in [0.5, 0.6) is 5.75 Å². The van der Waals surface area contributed by atoms with Crippen molar-refractivity contribution in [3.05, 3.63) is 42.0 Å². The van der Waals surface area contributed by atoms with E-state index in [0.29, 0.717) is 11.9 Å². The van der Waals surface area contributed by atoms with Crippen molar-refractivity contribution in [2.24, 2.45) is 10.9 Å². The smallest absolute Gasteiger partial charge is 0.257 e. The Morgan fingerprint density at radius 2 is 2.00 bits per heavy atom. The van der Waals surface area contributed by atoms with Gasteiger partial charge in [0.05, 0.1) is 5.56 Å². The van der Waals surface area contributed by atoms with Crippen molar-refractivity contribution in [2.75, 3.05) is 13.6 Å². The van der Waals surface area contributed by atoms with Crippen LogP contribution in [0.1, 0.15) is 16.8 Å². The third kappa shape index (κ3) is 3.05. The monoisotopic (exact) mass is 287 g/mol. The Labute approximate surface area is 122 Å². The molecule has 2 rings (SSSR count). The summed E-state index contributed by atoms with van der Waals surface area (Å²) in [5, 5.41) is 23.1. The number of nitrogens with two attached hydrogens (primary N) is 1. The highest BCUT2D eigenvalue weighted by atomic mass is 16.4. The van der Waals surface area contributed by atoms with Gasteiger partial charge in [-0.15, -0.1) is 0 Å². The first-order valence-electron chi connectivity index (χ1n) is 6.47. The van der Waals surface area contributed by atoms with Crippen LogP contribution >= 0.6 is 0 Å². The summed E-state index contributed by atoms with van der Waals surface area (Å²) >= 11 is 0. The van der Waals surface area contributed by atoms with Crippen LogP contribution < -0.4 is 5.73 Å². The molecule has 0 unspecified atom stereocenters. The predicted octanol–water partition coefficient (Wildman–Crippen LogP) is 1.75. The van der Waals surface area contributed by atoms with Crippen molar-refractivity contribution in [1.29, 1.82) is 0 Å². The van der Waals surface area contributed by atoms with Gasteiger partial charge in [-0.25, -0.2) is 0 Å². The molecule has 0 heterocycles. The molecule has 1 amide bonds. The number of nitrogens with zero attached hydrogens (tertiary/aromatic N) is 2. The number of phenols is 1. The van der Waals surface area contributed by atoms with E-state index in [9.17, 15) is 9.90 Å². The molecule has 6 nitrogen and oxygen atoms in total. The first kappa shape index (κ1) is 14.6. The number of carbonyl (C=O) groups is 1. The van der Waals surface area contributed by atoms with Gasteiger partial charge in [0.15, 0.2) is 0 Å². The van der Waals surface area contributed by atoms with Crippen LogP contribution in [0.15, 0.2) is 41.6 Å². The Morgan fingerprint density at radius 3 is 2.71 bits per heavy atom. The van der Waals surface area contributed by atoms with E-state index in [1.165, 1.54) is 4.90 Å². The lowest BCUT2D eigenvalue weighted by atomic mass is 10.0. The second kappa shape index (κ2) is 6.13. The summed E-state index contributed by atoms with van der Waals surface area (Å²) in [6.07, 6.45) is 0.257. The fourth-order valence-electron chi connectivity index (χ4n) is 2.07. The minimum absolute atomic E-state index is 0.0336. The van der Waals surface area contributed by atoms with Gasteiger partial charge in [0.2, 0.25) is 0 Å². The van der Waals surface area contributed by atoms with Gasteiger partial charge < -0.3 is 20.9 Å². The molecular formula is C15H17N3O3. The summed E-state index contributed by atoms with van der Waals surface area (Å²) in [4.78, 5) is 13.8. The van der Waals surface area contributed by atoms with Gasteiger partial charge in [-0.1, -0.05) is 35.5 Å². The van der Waals surface area contributed by atoms with Crippen molar-refractivity contribution < 1.29 is 15.1 Å². The van der Waals surface area contributed by atoms with Crippen LogP contribution in [0.25, 0.3) is 10.8 Å². The lowest BCUT2D eigenvalue weighted by Gasteiger charge is -2.18. The third-order valence-electron chi connectivity index (χ3n) is 3.31. The van der Waals surface area contributed by atoms with Crippen molar-refractivity contribution >= 4 is 22.5 Å². The molecule has 0 atom stereocenters. The number of fused-ring (bicyclic) bond motifs is 1. The SMILES string of the molecule is CN(CC/C(N)=N/O)C(=O)c1ccc2ccccc2c1O. The van der Waals surface area contributed by atoms with E-state index in [2.05, 4.69) is 5.16 Å². The zero-order valence-corrected chi connectivity index (χ0v) is 11.7. The number of carbonyl (C=O) groups excluding carboxylic acids is 1. The summed E-state index contributed by atoms with van der Waals surface area (Å²) in [5.41, 5.74) is 5.61. The summed E-state index contributed by atoms with van der Waals surface area (Å²) < 4.78 is 0. The maximum absolute atomic E-state index is 12.3. The molecule has 0 bridgehead atoms. The van der Waals surface area contributed by atoms with E-state index in [1.54, 1.807) is 31.3 Å². The van der Waals surface area contributed by atoms with Crippen LogP contribution in [0.4, 0.5) is 0 Å². The van der Waals surface area contributed by atoms with Crippen LogP contribution in [-0.2, 0) is 0 Å². The average Bonchev–Trinajstić information content (AvgIpc) is 2.52. The Hall–Kier alpha value is -2.76. The van der Waals surface area contributed by atoms with E-state index >= 15 is 0 Å². The van der Waals surface area contributed by atoms with Gasteiger partial charge in [-0.2, -0.15) is 0 Å². The molecular weight excluding hydrogens is 270 g/mol. The first-order valence-corrected chi connectivity index (χ1v) is 6.47. The molecule has 0 aliphatic heterocycles. The lowest BCUT2D eigenvalue weighted by molar-refractivity contribution is 0.0796. The molecule has 0 saturated heterocycles. The quantitative estimate of drug-likeness (QED) is 0.345. The number of hydrogen-bond donors (Lipinski definition) is 3. The van der Waals surface area contributed by atoms with Crippen LogP contribution in [0.3, 0.4) is 0 Å². The van der Waals surface area contributed by atoms with E-state index in [0.717, 1.165) is 5.39 Å². The molecule has 0 aromatic heterocycles. The van der Waals surface area contributed by atoms with Crippen molar-refractivity contribution in [3.63, 3.8) is 0 Å². The van der Waals surface area contributed by atoms with Crippen LogP contribution in [0.2, 0.25) is 0 Å². The fraction of sp³-hybridized carbons (Fsp3) is 0.200. The molecule has 0 radical (unpaired) electrons. The van der Waals surface area contributed by atoms with Crippen LogP contribution in [0, 0.1) is 0 Å². The molecule has 4 N–H and O–H groups in total. The van der Waals surface area contributed by atoms with Crippen molar-refractivity contribution in [2.45, 2.75) is 6.42 Å². The summed E-state index contributed by atoms with van der Waals surface area (Å²) in [6, 6.07) is 10.7. The highest BCUT2D eigenvalue weighted by Crippen LogP contribution is 2.29. The molecule has 0 aliphatic rings. The molecule has 2 aromatic rings. The van der Waals surface area contributed by atoms with Gasteiger partial charge in [0.25, 0.3) is 5.91 Å². The molecule has 110 valence electrons. The van der Waals surface area contributed by atoms with Crippen molar-refractivity contribution in [3.8, 4) is 5.75 Å². The number of phenolic OH excluding ortho intramolecular Hbond substituents is 1. The number of amidine groups is 1. The summed E-state index contributed by atoms with van der Waals surface area (Å²) in [7, 11) is 1.60. The largest absolute Gasteiger partial charge is 0.506 e. The zero-order valence-electron chi connectivity index (χ0n) is 11.7. The fourth-order valence-corrected chi connectivity index (χ4v) is 2.07. The molecule has 2 aromatic carbocycles. The summed E-state index contributed by atoms with van der Waals surface area (Å²) in [6.45, 7) is 0.293. The maximum atomic E-state index is 12.3. The molecule has 21 heavy (non-hydrogen) atoms. The average molecular weight is 287 g/mol. The standard InChI is InChI=1S/C15H17N3O3/c1-18(9-8-13(16)17-21)15(20)12-7-6-10-4-2-3-5-11(10)14(12)19/h2-7,19,21H,8-9H2,1H3,(H2,16,17). The Kier molecular flexibility index (Phi) is 4.27. The number of amides is 1. The topological polar surface area (TPSA) is 99.1 Å². The predicted molar refractivity (Wildman–Crippen MR) is 80.6 cm³/mol. The minimum Gasteiger partial charge on any atom is -0.506 e. The number of aromatic hydroxyl groups is 1. The minimum atomic E-state index is -0.316. The maximum Gasteiger partial charge on any atom is 0.257 e. The van der Waals surface area contributed by atoms with Crippen molar-refractivity contribution in [1.82, 2.24) is 4.90 Å². The Morgan fingerprint density at radius 1 is 1.29 bits per heavy atom. The zero-order chi connectivity index (χ0) is 15.4. The highest BCUT2D eigenvalue weighted by molar-refractivity contribution is 6.03. The lowest BCUT2D eigenvalue weighted by Crippen LogP contribution is -2.30. The number of rotatable bonds is 4. The highest BCUT2D eigenvalue weighted by Gasteiger charge is 2.17. The second-order valence-corrected chi connectivity index (χ2v) is 4.75. The van der Waals surface area contributed by atoms with Gasteiger partial charge >= 0.3 is 0 Å². The van der Waals surface area contributed by atoms with E-state index < -0.39 is 0 Å². The van der Waals surface area contributed by atoms with Gasteiger partial charge in [-0.3, -0.25) is 4.79 Å². The first-order chi connectivity index (χ1) is 10.0. The Balaban J connectivity index is 2.25. The number of benzene rings is 2. The van der Waals surface area contributed by atoms with E-state index in [-0.39, 0.29) is 29.5 Å². The summed E-state index contributed by atoms with van der Waals surface area (Å²) in [5.74, 6) is -0.296. The normalized spacial score (nSPS) is 11.6. The van der Waals surface area contributed by atoms with Gasteiger partial charge in [0, 0.05) is 25.4 Å². The molecule has 6 heteroatoms.